The summed E-state index contributed by atoms with van der Waals surface area (Å²) < 4.78 is 3.22. The molecule has 1 aromatic carbocycles. The van der Waals surface area contributed by atoms with E-state index in [-0.39, 0.29) is 0 Å². The lowest BCUT2D eigenvalue weighted by molar-refractivity contribution is 0.461. The average Bonchev–Trinajstić information content (AvgIpc) is 3.22. The van der Waals surface area contributed by atoms with E-state index in [0.29, 0.717) is 18.0 Å². The minimum Gasteiger partial charge on any atom is -0.368 e. The van der Waals surface area contributed by atoms with E-state index < -0.39 is 0 Å². The number of rotatable bonds is 7. The van der Waals surface area contributed by atoms with E-state index in [1.54, 1.807) is 0 Å². The largest absolute Gasteiger partial charge is 0.368 e. The van der Waals surface area contributed by atoms with Gasteiger partial charge >= 0.3 is 0 Å². The Morgan fingerprint density at radius 2 is 1.81 bits per heavy atom. The first-order valence-electron chi connectivity index (χ1n) is 10.9. The van der Waals surface area contributed by atoms with Gasteiger partial charge in [0.05, 0.1) is 6.33 Å². The van der Waals surface area contributed by atoms with E-state index in [9.17, 15) is 0 Å². The maximum atomic E-state index is 4.82. The summed E-state index contributed by atoms with van der Waals surface area (Å²) in [5, 5.41) is 7.08. The molecule has 0 atom stereocenters. The van der Waals surface area contributed by atoms with E-state index in [1.807, 2.05) is 6.33 Å². The fraction of sp³-hybridized carbons (Fsp3) is 0.458. The van der Waals surface area contributed by atoms with Gasteiger partial charge in [0.2, 0.25) is 5.95 Å². The normalized spacial score (nSPS) is 14.3. The summed E-state index contributed by atoms with van der Waals surface area (Å²) in [5.74, 6) is 1.52. The number of fused-ring (bicyclic) bond motifs is 1. The predicted molar refractivity (Wildman–Crippen MR) is 132 cm³/mol. The van der Waals surface area contributed by atoms with E-state index in [0.717, 1.165) is 34.4 Å². The highest BCUT2D eigenvalue weighted by Gasteiger charge is 2.18. The standard InChI is InChI=1S/C22H29BrN6.C2H2/c1-15(2)29-14-25-19-20(24-13-12-16-8-10-17(23)11-9-16)27-22(28-21(19)29)26-18-6-4-3-5-7-18;1-2/h8-11,14-15,18H,3-7,12-13H2,1-2H3,(H2,24,26,27,28);1-2H. The minimum atomic E-state index is 0.299. The first-order chi connectivity index (χ1) is 15.1. The zero-order valence-electron chi connectivity index (χ0n) is 18.3. The second-order valence-electron chi connectivity index (χ2n) is 8.10. The Bertz CT molecular complexity index is 986. The van der Waals surface area contributed by atoms with Crippen LogP contribution in [0.2, 0.25) is 0 Å². The quantitative estimate of drug-likeness (QED) is 0.415. The van der Waals surface area contributed by atoms with Gasteiger partial charge in [0.1, 0.15) is 0 Å². The highest BCUT2D eigenvalue weighted by atomic mass is 79.9. The lowest BCUT2D eigenvalue weighted by Gasteiger charge is -2.23. The van der Waals surface area contributed by atoms with Gasteiger partial charge in [-0.05, 0) is 50.8 Å². The second kappa shape index (κ2) is 11.1. The maximum Gasteiger partial charge on any atom is 0.227 e. The molecule has 0 aliphatic heterocycles. The molecule has 2 heterocycles. The predicted octanol–water partition coefficient (Wildman–Crippen LogP) is 5.82. The van der Waals surface area contributed by atoms with Crippen LogP contribution in [-0.2, 0) is 6.42 Å². The Hall–Kier alpha value is -2.59. The monoisotopic (exact) mass is 482 g/mol. The topological polar surface area (TPSA) is 67.7 Å². The van der Waals surface area contributed by atoms with Gasteiger partial charge in [0, 0.05) is 23.1 Å². The first-order valence-corrected chi connectivity index (χ1v) is 11.7. The molecule has 1 fully saturated rings. The third-order valence-corrected chi connectivity index (χ3v) is 6.06. The molecule has 0 saturated heterocycles. The van der Waals surface area contributed by atoms with Crippen molar-refractivity contribution in [2.24, 2.45) is 0 Å². The molecule has 6 nitrogen and oxygen atoms in total. The molecule has 0 amide bonds. The number of terminal acetylenes is 1. The molecular weight excluding hydrogens is 452 g/mol. The van der Waals surface area contributed by atoms with Gasteiger partial charge in [-0.25, -0.2) is 4.98 Å². The number of imidazole rings is 1. The Labute approximate surface area is 193 Å². The highest BCUT2D eigenvalue weighted by molar-refractivity contribution is 9.10. The zero-order chi connectivity index (χ0) is 22.2. The van der Waals surface area contributed by atoms with Crippen LogP contribution in [0.25, 0.3) is 11.2 Å². The lowest BCUT2D eigenvalue weighted by atomic mass is 9.96. The van der Waals surface area contributed by atoms with Crippen molar-refractivity contribution in [3.8, 4) is 12.8 Å². The molecule has 3 aromatic rings. The summed E-state index contributed by atoms with van der Waals surface area (Å²) in [6.07, 6.45) is 17.1. The maximum absolute atomic E-state index is 4.82. The molecule has 0 unspecified atom stereocenters. The molecule has 7 heteroatoms. The van der Waals surface area contributed by atoms with Crippen LogP contribution in [-0.4, -0.2) is 32.1 Å². The number of benzene rings is 1. The van der Waals surface area contributed by atoms with Crippen LogP contribution < -0.4 is 10.6 Å². The fourth-order valence-corrected chi connectivity index (χ4v) is 4.15. The van der Waals surface area contributed by atoms with E-state index in [2.05, 4.69) is 87.1 Å². The Morgan fingerprint density at radius 3 is 2.48 bits per heavy atom. The zero-order valence-corrected chi connectivity index (χ0v) is 19.9. The number of hydrogen-bond donors (Lipinski definition) is 2. The third kappa shape index (κ3) is 5.98. The number of halogens is 1. The third-order valence-electron chi connectivity index (χ3n) is 5.54. The summed E-state index contributed by atoms with van der Waals surface area (Å²) in [7, 11) is 0. The summed E-state index contributed by atoms with van der Waals surface area (Å²) in [4.78, 5) is 14.2. The van der Waals surface area contributed by atoms with Crippen molar-refractivity contribution in [2.45, 2.75) is 64.5 Å². The number of nitrogens with one attached hydrogen (secondary N) is 2. The minimum absolute atomic E-state index is 0.299. The van der Waals surface area contributed by atoms with Gasteiger partial charge in [-0.2, -0.15) is 9.97 Å². The molecule has 2 N–H and O–H groups in total. The fourth-order valence-electron chi connectivity index (χ4n) is 3.89. The molecule has 0 spiro atoms. The van der Waals surface area contributed by atoms with Gasteiger partial charge in [0.25, 0.3) is 0 Å². The smallest absolute Gasteiger partial charge is 0.227 e. The van der Waals surface area contributed by atoms with Crippen molar-refractivity contribution in [1.82, 2.24) is 19.5 Å². The molecule has 0 radical (unpaired) electrons. The van der Waals surface area contributed by atoms with Gasteiger partial charge in [-0.3, -0.25) is 0 Å². The SMILES string of the molecule is C#C.CC(C)n1cnc2c(NCCc3ccc(Br)cc3)nc(NC3CCCCC3)nc21. The van der Waals surface area contributed by atoms with Crippen LogP contribution in [0.15, 0.2) is 35.1 Å². The second-order valence-corrected chi connectivity index (χ2v) is 9.01. The average molecular weight is 483 g/mol. The van der Waals surface area contributed by atoms with E-state index in [4.69, 9.17) is 9.97 Å². The Kier molecular flexibility index (Phi) is 8.30. The van der Waals surface area contributed by atoms with Gasteiger partial charge in [-0.15, -0.1) is 12.8 Å². The summed E-state index contributed by atoms with van der Waals surface area (Å²) in [6.45, 7) is 5.10. The number of hydrogen-bond acceptors (Lipinski definition) is 5. The van der Waals surface area contributed by atoms with Crippen molar-refractivity contribution in [1.29, 1.82) is 0 Å². The molecule has 1 aliphatic rings. The molecule has 4 rings (SSSR count). The highest BCUT2D eigenvalue weighted by Crippen LogP contribution is 2.26. The Morgan fingerprint density at radius 1 is 1.10 bits per heavy atom. The van der Waals surface area contributed by atoms with Crippen LogP contribution in [0.1, 0.15) is 57.6 Å². The van der Waals surface area contributed by atoms with Crippen molar-refractivity contribution >= 4 is 38.9 Å². The van der Waals surface area contributed by atoms with Crippen LogP contribution in [0.3, 0.4) is 0 Å². The Balaban J connectivity index is 0.00000132. The van der Waals surface area contributed by atoms with Crippen LogP contribution in [0, 0.1) is 12.8 Å². The van der Waals surface area contributed by atoms with Crippen LogP contribution in [0.4, 0.5) is 11.8 Å². The van der Waals surface area contributed by atoms with Gasteiger partial charge in [0.15, 0.2) is 17.0 Å². The molecule has 164 valence electrons. The van der Waals surface area contributed by atoms with E-state index in [1.165, 1.54) is 37.7 Å². The molecular formula is C24H31BrN6. The first kappa shape index (κ1) is 23.1. The summed E-state index contributed by atoms with van der Waals surface area (Å²) in [5.41, 5.74) is 3.02. The van der Waals surface area contributed by atoms with E-state index >= 15 is 0 Å². The lowest BCUT2D eigenvalue weighted by Crippen LogP contribution is -2.24. The van der Waals surface area contributed by atoms with Crippen molar-refractivity contribution in [2.75, 3.05) is 17.2 Å². The molecule has 31 heavy (non-hydrogen) atoms. The summed E-state index contributed by atoms with van der Waals surface area (Å²) >= 11 is 3.49. The van der Waals surface area contributed by atoms with Crippen LogP contribution in [0.5, 0.6) is 0 Å². The van der Waals surface area contributed by atoms with Crippen molar-refractivity contribution < 1.29 is 0 Å². The number of anilines is 2. The molecule has 2 aromatic heterocycles. The van der Waals surface area contributed by atoms with Crippen molar-refractivity contribution in [3.63, 3.8) is 0 Å². The van der Waals surface area contributed by atoms with Crippen molar-refractivity contribution in [3.05, 3.63) is 40.6 Å². The summed E-state index contributed by atoms with van der Waals surface area (Å²) in [6, 6.07) is 9.21. The molecule has 0 bridgehead atoms. The van der Waals surface area contributed by atoms with Gasteiger partial charge in [-0.1, -0.05) is 47.3 Å². The molecule has 1 saturated carbocycles. The van der Waals surface area contributed by atoms with Crippen LogP contribution >= 0.6 is 15.9 Å². The van der Waals surface area contributed by atoms with Gasteiger partial charge < -0.3 is 15.2 Å². The molecule has 1 aliphatic carbocycles. The number of aromatic nitrogens is 4. The number of nitrogens with zero attached hydrogens (tertiary/aromatic N) is 4.